The molecule has 0 N–H and O–H groups in total. The average Bonchev–Trinajstić information content (AvgIpc) is 2.79. The molecule has 408 valence electrons. The molecule has 0 aliphatic carbocycles. The van der Waals surface area contributed by atoms with E-state index < -0.39 is 0 Å². The van der Waals surface area contributed by atoms with Crippen LogP contribution in [-0.4, -0.2) is 110 Å². The van der Waals surface area contributed by atoms with Crippen molar-refractivity contribution in [3.8, 4) is 87.0 Å². The van der Waals surface area contributed by atoms with Crippen LogP contribution in [0.1, 0.15) is 79.3 Å². The fraction of sp³-hybridized carbons (Fsp3) is 0.129. The van der Waals surface area contributed by atoms with Gasteiger partial charge in [0.2, 0.25) is 5.88 Å². The number of aromatic nitrogens is 18. The molecular formula is C62H45ClN18O3. The summed E-state index contributed by atoms with van der Waals surface area (Å²) in [6.45, 7) is 4.13. The number of pyridine rings is 3. The number of aryl methyl sites for hydroxylation is 2. The van der Waals surface area contributed by atoms with Crippen LogP contribution in [0, 0.1) is 49.4 Å². The van der Waals surface area contributed by atoms with Crippen molar-refractivity contribution in [2.75, 3.05) is 21.3 Å². The van der Waals surface area contributed by atoms with Crippen molar-refractivity contribution < 1.29 is 14.2 Å². The first kappa shape index (κ1) is 51.9. The SMILES string of the molecule is COc1ccc(C#Cc2ncn3c2Cc2cnnn2-c2cc(C)ccc2-3)cn1.COc1ccc(C#Cc2ncn3c2Cc2cnnn2-c2cc(C)ccc2-3)nc1.COc1ccc(C#Cc2ncn3c2Cc2cnnn2-c2cc(Cl)ccc2-3)nc1. The van der Waals surface area contributed by atoms with Gasteiger partial charge in [-0.1, -0.05) is 45.3 Å². The number of ether oxygens (including phenoxy) is 3. The van der Waals surface area contributed by atoms with Gasteiger partial charge in [0, 0.05) is 42.1 Å². The predicted molar refractivity (Wildman–Crippen MR) is 309 cm³/mol. The Labute approximate surface area is 485 Å². The Bertz CT molecular complexity index is 4200. The highest BCUT2D eigenvalue weighted by molar-refractivity contribution is 6.30. The highest BCUT2D eigenvalue weighted by Gasteiger charge is 2.26. The zero-order valence-electron chi connectivity index (χ0n) is 45.6. The van der Waals surface area contributed by atoms with E-state index in [0.29, 0.717) is 58.7 Å². The summed E-state index contributed by atoms with van der Waals surface area (Å²) in [5.74, 6) is 20.7. The maximum Gasteiger partial charge on any atom is 0.212 e. The van der Waals surface area contributed by atoms with E-state index in [9.17, 15) is 0 Å². The molecule has 3 aliphatic rings. The monoisotopic (exact) mass is 1120 g/mol. The molecule has 84 heavy (non-hydrogen) atoms. The van der Waals surface area contributed by atoms with Gasteiger partial charge in [-0.2, -0.15) is 0 Å². The molecule has 9 aromatic heterocycles. The summed E-state index contributed by atoms with van der Waals surface area (Å²) >= 11 is 6.21. The first-order valence-electron chi connectivity index (χ1n) is 26.1. The van der Waals surface area contributed by atoms with Gasteiger partial charge in [-0.15, -0.1) is 15.3 Å². The van der Waals surface area contributed by atoms with E-state index in [1.54, 1.807) is 75.6 Å². The molecule has 0 atom stereocenters. The number of imidazole rings is 3. The summed E-state index contributed by atoms with van der Waals surface area (Å²) in [6.07, 6.45) is 17.6. The van der Waals surface area contributed by atoms with E-state index >= 15 is 0 Å². The van der Waals surface area contributed by atoms with Gasteiger partial charge >= 0.3 is 0 Å². The smallest absolute Gasteiger partial charge is 0.212 e. The molecule has 12 heterocycles. The largest absolute Gasteiger partial charge is 0.495 e. The Morgan fingerprint density at radius 3 is 1.25 bits per heavy atom. The number of halogens is 1. The molecule has 0 amide bonds. The molecule has 0 bridgehead atoms. The van der Waals surface area contributed by atoms with Crippen molar-refractivity contribution >= 4 is 11.6 Å². The van der Waals surface area contributed by atoms with Gasteiger partial charge in [0.05, 0.1) is 121 Å². The number of nitrogens with zero attached hydrogens (tertiary/aromatic N) is 18. The third-order valence-electron chi connectivity index (χ3n) is 14.0. The van der Waals surface area contributed by atoms with Crippen molar-refractivity contribution in [1.29, 1.82) is 0 Å². The maximum absolute atomic E-state index is 6.21. The highest BCUT2D eigenvalue weighted by atomic mass is 35.5. The van der Waals surface area contributed by atoms with Crippen LogP contribution < -0.4 is 14.2 Å². The summed E-state index contributed by atoms with van der Waals surface area (Å²) in [5.41, 5.74) is 18.3. The van der Waals surface area contributed by atoms with Crippen LogP contribution in [0.4, 0.5) is 0 Å². The van der Waals surface area contributed by atoms with E-state index in [2.05, 4.69) is 156 Å². The third kappa shape index (κ3) is 10.1. The topological polar surface area (TPSA) is 212 Å². The van der Waals surface area contributed by atoms with E-state index in [4.69, 9.17) is 25.8 Å². The minimum Gasteiger partial charge on any atom is -0.495 e. The van der Waals surface area contributed by atoms with Gasteiger partial charge in [-0.25, -0.2) is 43.9 Å². The second kappa shape index (κ2) is 22.2. The molecule has 15 rings (SSSR count). The lowest BCUT2D eigenvalue weighted by Crippen LogP contribution is -2.03. The van der Waals surface area contributed by atoms with Gasteiger partial charge < -0.3 is 14.2 Å². The molecule has 0 unspecified atom stereocenters. The summed E-state index contributed by atoms with van der Waals surface area (Å²) in [5, 5.41) is 25.7. The number of hydrogen-bond donors (Lipinski definition) is 0. The van der Waals surface area contributed by atoms with Gasteiger partial charge in [0.25, 0.3) is 0 Å². The Kier molecular flexibility index (Phi) is 13.7. The summed E-state index contributed by atoms with van der Waals surface area (Å²) in [6, 6.07) is 29.2. The van der Waals surface area contributed by atoms with Gasteiger partial charge in [-0.05, 0) is 127 Å². The summed E-state index contributed by atoms with van der Waals surface area (Å²) in [4.78, 5) is 26.4. The Balaban J connectivity index is 0.000000118. The second-order valence-electron chi connectivity index (χ2n) is 19.3. The minimum atomic E-state index is 0.564. The fourth-order valence-corrected chi connectivity index (χ4v) is 9.97. The Hall–Kier alpha value is -11.5. The second-order valence-corrected chi connectivity index (χ2v) is 19.7. The first-order chi connectivity index (χ1) is 41.2. The van der Waals surface area contributed by atoms with E-state index in [0.717, 1.165) is 96.4 Å². The van der Waals surface area contributed by atoms with E-state index in [1.807, 2.05) is 75.1 Å². The molecule has 0 radical (unpaired) electrons. The lowest BCUT2D eigenvalue weighted by molar-refractivity contribution is 0.398. The molecule has 3 aliphatic heterocycles. The Morgan fingerprint density at radius 2 is 0.845 bits per heavy atom. The maximum atomic E-state index is 6.21. The number of benzene rings is 3. The zero-order chi connectivity index (χ0) is 57.3. The summed E-state index contributed by atoms with van der Waals surface area (Å²) < 4.78 is 27.1. The van der Waals surface area contributed by atoms with Crippen molar-refractivity contribution in [2.24, 2.45) is 0 Å². The van der Waals surface area contributed by atoms with E-state index in [-0.39, 0.29) is 0 Å². The van der Waals surface area contributed by atoms with Crippen molar-refractivity contribution in [3.63, 3.8) is 0 Å². The third-order valence-corrected chi connectivity index (χ3v) is 14.2. The lowest BCUT2D eigenvalue weighted by Gasteiger charge is -2.10. The standard InChI is InChI=1S/2C21H16N6O.C20H13ClN6O/c1-14-3-8-19-21(9-14)27-16(11-24-25-27)10-20-18(23-13-26(19)20)7-5-15-4-6-17(28-2)12-22-15;1-14-3-7-18-20(9-14)27-16(12-24-25-27)10-19-17(23-13-26(18)19)6-4-15-5-8-21(28-2)22-11-15;1-28-16-5-3-14(22-11-16)4-6-17-19-9-15-10-24-25-27(15)20-8-13(21)2-7-18(20)26(19)12-23-17/h3-4,6,8-9,11-13H,10H2,1-2H3;3,5,7-9,11-13H,10H2,1-2H3;2-3,5,7-8,10-12H,9H2,1H3. The van der Waals surface area contributed by atoms with Crippen LogP contribution in [0.25, 0.3) is 34.1 Å². The zero-order valence-corrected chi connectivity index (χ0v) is 46.4. The van der Waals surface area contributed by atoms with E-state index in [1.165, 1.54) is 0 Å². The van der Waals surface area contributed by atoms with Crippen LogP contribution in [0.15, 0.2) is 147 Å². The number of fused-ring (bicyclic) bond motifs is 15. The van der Waals surface area contributed by atoms with Crippen molar-refractivity contribution in [1.82, 2.24) is 88.6 Å². The number of hydrogen-bond acceptors (Lipinski definition) is 15. The van der Waals surface area contributed by atoms with Crippen molar-refractivity contribution in [3.05, 3.63) is 232 Å². The molecule has 12 aromatic rings. The van der Waals surface area contributed by atoms with Crippen LogP contribution in [0.2, 0.25) is 5.02 Å². The molecule has 3 aromatic carbocycles. The first-order valence-corrected chi connectivity index (χ1v) is 26.5. The number of methoxy groups -OCH3 is 3. The highest BCUT2D eigenvalue weighted by Crippen LogP contribution is 2.33. The quantitative estimate of drug-likeness (QED) is 0.155. The molecule has 0 saturated heterocycles. The van der Waals surface area contributed by atoms with Crippen LogP contribution in [0.5, 0.6) is 17.4 Å². The molecule has 21 nitrogen and oxygen atoms in total. The van der Waals surface area contributed by atoms with Crippen LogP contribution in [-0.2, 0) is 19.3 Å². The van der Waals surface area contributed by atoms with Gasteiger partial charge in [-0.3, -0.25) is 13.7 Å². The molecule has 0 spiro atoms. The minimum absolute atomic E-state index is 0.564. The summed E-state index contributed by atoms with van der Waals surface area (Å²) in [7, 11) is 4.81. The molecule has 0 saturated carbocycles. The Morgan fingerprint density at radius 1 is 0.405 bits per heavy atom. The molecule has 0 fully saturated rings. The molecular weight excluding hydrogens is 1080 g/mol. The lowest BCUT2D eigenvalue weighted by atomic mass is 10.2. The predicted octanol–water partition coefficient (Wildman–Crippen LogP) is 7.75. The fourth-order valence-electron chi connectivity index (χ4n) is 9.80. The average molecular weight is 1130 g/mol. The van der Waals surface area contributed by atoms with Gasteiger partial charge in [0.1, 0.15) is 59.0 Å². The van der Waals surface area contributed by atoms with Gasteiger partial charge in [0.15, 0.2) is 0 Å². The van der Waals surface area contributed by atoms with Crippen molar-refractivity contribution in [2.45, 2.75) is 33.1 Å². The number of rotatable bonds is 3. The normalized spacial score (nSPS) is 11.5. The van der Waals surface area contributed by atoms with Crippen LogP contribution >= 0.6 is 11.6 Å². The van der Waals surface area contributed by atoms with Crippen LogP contribution in [0.3, 0.4) is 0 Å². The molecule has 22 heteroatoms.